The number of carbonyl (C=O) groups excluding carboxylic acids is 2. The highest BCUT2D eigenvalue weighted by molar-refractivity contribution is 6.52. The molecule has 18 heavy (non-hydrogen) atoms. The molecule has 0 spiro atoms. The van der Waals surface area contributed by atoms with Crippen LogP contribution in [0.3, 0.4) is 0 Å². The molecule has 2 aromatic rings. The van der Waals surface area contributed by atoms with E-state index in [0.717, 1.165) is 11.4 Å². The fourth-order valence-corrected chi connectivity index (χ4v) is 2.15. The molecule has 0 amide bonds. The average Bonchev–Trinajstić information content (AvgIpc) is 2.81. The third kappa shape index (κ3) is 1.35. The van der Waals surface area contributed by atoms with Gasteiger partial charge >= 0.3 is 0 Å². The Kier molecular flexibility index (Phi) is 2.20. The van der Waals surface area contributed by atoms with Gasteiger partial charge in [-0.2, -0.15) is 0 Å². The van der Waals surface area contributed by atoms with Crippen molar-refractivity contribution < 1.29 is 9.59 Å². The van der Waals surface area contributed by atoms with E-state index in [2.05, 4.69) is 9.97 Å². The Morgan fingerprint density at radius 3 is 2.39 bits per heavy atom. The van der Waals surface area contributed by atoms with Gasteiger partial charge in [0.05, 0.1) is 0 Å². The second-order valence-electron chi connectivity index (χ2n) is 4.70. The van der Waals surface area contributed by atoms with Crippen molar-refractivity contribution in [2.75, 3.05) is 0 Å². The summed E-state index contributed by atoms with van der Waals surface area (Å²) < 4.78 is 0. The van der Waals surface area contributed by atoms with Crippen LogP contribution in [0.2, 0.25) is 0 Å². The number of fused-ring (bicyclic) bond motifs is 3. The molecule has 4 heteroatoms. The summed E-state index contributed by atoms with van der Waals surface area (Å²) in [7, 11) is 0. The van der Waals surface area contributed by atoms with E-state index in [1.165, 1.54) is 0 Å². The molecule has 1 aliphatic rings. The van der Waals surface area contributed by atoms with Gasteiger partial charge < -0.3 is 4.98 Å². The Labute approximate surface area is 104 Å². The van der Waals surface area contributed by atoms with Crippen LogP contribution in [0.15, 0.2) is 24.3 Å². The molecule has 0 aliphatic heterocycles. The Morgan fingerprint density at radius 1 is 1.06 bits per heavy atom. The highest BCUT2D eigenvalue weighted by Crippen LogP contribution is 2.32. The van der Waals surface area contributed by atoms with Gasteiger partial charge in [0.15, 0.2) is 0 Å². The molecule has 1 aromatic heterocycles. The van der Waals surface area contributed by atoms with E-state index in [9.17, 15) is 9.59 Å². The maximum atomic E-state index is 12.0. The number of hydrogen-bond donors (Lipinski definition) is 1. The van der Waals surface area contributed by atoms with Crippen LogP contribution in [-0.4, -0.2) is 21.5 Å². The van der Waals surface area contributed by atoms with Crippen molar-refractivity contribution in [3.63, 3.8) is 0 Å². The predicted molar refractivity (Wildman–Crippen MR) is 66.8 cm³/mol. The molecular weight excluding hydrogens is 228 g/mol. The number of carbonyl (C=O) groups is 2. The summed E-state index contributed by atoms with van der Waals surface area (Å²) in [5, 5.41) is 0. The third-order valence-electron chi connectivity index (χ3n) is 3.13. The average molecular weight is 240 g/mol. The van der Waals surface area contributed by atoms with Crippen LogP contribution in [0.25, 0.3) is 11.3 Å². The Hall–Kier alpha value is -2.23. The number of aromatic nitrogens is 2. The fraction of sp³-hybridized carbons (Fsp3) is 0.214. The fourth-order valence-electron chi connectivity index (χ4n) is 2.15. The zero-order chi connectivity index (χ0) is 12.9. The van der Waals surface area contributed by atoms with Crippen molar-refractivity contribution in [3.8, 4) is 11.3 Å². The van der Waals surface area contributed by atoms with Crippen molar-refractivity contribution in [3.05, 3.63) is 41.3 Å². The quantitative estimate of drug-likeness (QED) is 0.779. The lowest BCUT2D eigenvalue weighted by Gasteiger charge is -2.11. The molecule has 0 bridgehead atoms. The largest absolute Gasteiger partial charge is 0.338 e. The summed E-state index contributed by atoms with van der Waals surface area (Å²) in [6, 6.07) is 7.09. The van der Waals surface area contributed by atoms with Gasteiger partial charge in [-0.3, -0.25) is 9.59 Å². The number of benzene rings is 1. The molecule has 90 valence electrons. The molecule has 1 heterocycles. The number of Topliss-reactive ketones (excluding diaryl/α,β-unsaturated/α-hetero) is 2. The second kappa shape index (κ2) is 3.63. The van der Waals surface area contributed by atoms with Gasteiger partial charge in [0, 0.05) is 17.0 Å². The first-order valence-corrected chi connectivity index (χ1v) is 5.88. The summed E-state index contributed by atoms with van der Waals surface area (Å²) in [6.07, 6.45) is 0. The summed E-state index contributed by atoms with van der Waals surface area (Å²) >= 11 is 0. The molecule has 4 nitrogen and oxygen atoms in total. The molecular formula is C14H12N2O2. The molecule has 0 saturated carbocycles. The summed E-state index contributed by atoms with van der Waals surface area (Å²) in [4.78, 5) is 31.4. The smallest absolute Gasteiger partial charge is 0.251 e. The SMILES string of the molecule is CC(C)c1nc2c([nH]1)C(=O)C(=O)c1ccccc1-2. The number of aromatic amines is 1. The van der Waals surface area contributed by atoms with Crippen LogP contribution < -0.4 is 0 Å². The molecule has 0 atom stereocenters. The van der Waals surface area contributed by atoms with Gasteiger partial charge in [0.1, 0.15) is 17.2 Å². The minimum Gasteiger partial charge on any atom is -0.338 e. The zero-order valence-corrected chi connectivity index (χ0v) is 10.2. The van der Waals surface area contributed by atoms with Crippen LogP contribution in [0.4, 0.5) is 0 Å². The van der Waals surface area contributed by atoms with Gasteiger partial charge in [0.2, 0.25) is 5.78 Å². The lowest BCUT2D eigenvalue weighted by molar-refractivity contribution is 0.0812. The summed E-state index contributed by atoms with van der Waals surface area (Å²) in [5.41, 5.74) is 2.10. The van der Waals surface area contributed by atoms with E-state index in [1.807, 2.05) is 26.0 Å². The molecule has 1 N–H and O–H groups in total. The highest BCUT2D eigenvalue weighted by Gasteiger charge is 2.33. The maximum Gasteiger partial charge on any atom is 0.251 e. The lowest BCUT2D eigenvalue weighted by atomic mass is 9.90. The molecule has 0 fully saturated rings. The standard InChI is InChI=1S/C14H12N2O2/c1-7(2)14-15-10-8-5-3-4-6-9(8)12(17)13(18)11(10)16-14/h3-7H,1-2H3,(H,15,16). The second-order valence-corrected chi connectivity index (χ2v) is 4.70. The van der Waals surface area contributed by atoms with Gasteiger partial charge in [-0.25, -0.2) is 4.98 Å². The van der Waals surface area contributed by atoms with E-state index in [1.54, 1.807) is 12.1 Å². The Bertz CT molecular complexity index is 668. The molecule has 0 unspecified atom stereocenters. The molecule has 1 aliphatic carbocycles. The van der Waals surface area contributed by atoms with Gasteiger partial charge in [-0.1, -0.05) is 38.1 Å². The minimum absolute atomic E-state index is 0.186. The van der Waals surface area contributed by atoms with Crippen molar-refractivity contribution in [2.45, 2.75) is 19.8 Å². The van der Waals surface area contributed by atoms with Crippen LogP contribution in [-0.2, 0) is 0 Å². The van der Waals surface area contributed by atoms with E-state index in [-0.39, 0.29) is 5.92 Å². The van der Waals surface area contributed by atoms with Crippen LogP contribution >= 0.6 is 0 Å². The first-order valence-electron chi connectivity index (χ1n) is 5.88. The lowest BCUT2D eigenvalue weighted by Crippen LogP contribution is -2.21. The maximum absolute atomic E-state index is 12.0. The van der Waals surface area contributed by atoms with Crippen LogP contribution in [0, 0.1) is 0 Å². The van der Waals surface area contributed by atoms with Crippen molar-refractivity contribution in [2.24, 2.45) is 0 Å². The Morgan fingerprint density at radius 2 is 1.72 bits per heavy atom. The predicted octanol–water partition coefficient (Wildman–Crippen LogP) is 2.58. The van der Waals surface area contributed by atoms with Crippen LogP contribution in [0.5, 0.6) is 0 Å². The van der Waals surface area contributed by atoms with Crippen molar-refractivity contribution in [1.29, 1.82) is 0 Å². The van der Waals surface area contributed by atoms with E-state index in [0.29, 0.717) is 17.0 Å². The highest BCUT2D eigenvalue weighted by atomic mass is 16.2. The first kappa shape index (κ1) is 10.9. The minimum atomic E-state index is -0.497. The molecule has 0 radical (unpaired) electrons. The van der Waals surface area contributed by atoms with Gasteiger partial charge in [-0.15, -0.1) is 0 Å². The molecule has 1 aromatic carbocycles. The first-order chi connectivity index (χ1) is 8.59. The van der Waals surface area contributed by atoms with Gasteiger partial charge in [-0.05, 0) is 0 Å². The number of ketones is 2. The number of nitrogens with one attached hydrogen (secondary N) is 1. The Balaban J connectivity index is 2.31. The number of hydrogen-bond acceptors (Lipinski definition) is 3. The van der Waals surface area contributed by atoms with Crippen molar-refractivity contribution >= 4 is 11.6 Å². The molecule has 0 saturated heterocycles. The number of H-pyrrole nitrogens is 1. The van der Waals surface area contributed by atoms with E-state index in [4.69, 9.17) is 0 Å². The zero-order valence-electron chi connectivity index (χ0n) is 10.2. The van der Waals surface area contributed by atoms with E-state index < -0.39 is 11.6 Å². The number of rotatable bonds is 1. The van der Waals surface area contributed by atoms with E-state index >= 15 is 0 Å². The number of imidazole rings is 1. The molecule has 3 rings (SSSR count). The summed E-state index contributed by atoms with van der Waals surface area (Å²) in [5.74, 6) is -0.0383. The monoisotopic (exact) mass is 240 g/mol. The van der Waals surface area contributed by atoms with Crippen molar-refractivity contribution in [1.82, 2.24) is 9.97 Å². The number of nitrogens with zero attached hydrogens (tertiary/aromatic N) is 1. The summed E-state index contributed by atoms with van der Waals surface area (Å²) in [6.45, 7) is 3.98. The van der Waals surface area contributed by atoms with Gasteiger partial charge in [0.25, 0.3) is 5.78 Å². The third-order valence-corrected chi connectivity index (χ3v) is 3.13. The normalized spacial score (nSPS) is 13.7. The topological polar surface area (TPSA) is 62.8 Å². The van der Waals surface area contributed by atoms with Crippen LogP contribution in [0.1, 0.15) is 46.4 Å².